The summed E-state index contributed by atoms with van der Waals surface area (Å²) in [6.45, 7) is 12.6. The first-order chi connectivity index (χ1) is 33.0. The molecule has 2 aromatic carbocycles. The number of anilines is 2. The van der Waals surface area contributed by atoms with E-state index < -0.39 is 64.2 Å². The Morgan fingerprint density at radius 3 is 2.29 bits per heavy atom. The van der Waals surface area contributed by atoms with Crippen LogP contribution in [0.2, 0.25) is 0 Å². The number of halogens is 3. The van der Waals surface area contributed by atoms with E-state index in [1.165, 1.54) is 17.4 Å². The summed E-state index contributed by atoms with van der Waals surface area (Å²) in [5.41, 5.74) is -2.25. The number of aliphatic hydroxyl groups excluding tert-OH is 1. The third kappa shape index (κ3) is 11.0. The van der Waals surface area contributed by atoms with Crippen molar-refractivity contribution in [1.29, 1.82) is 5.26 Å². The van der Waals surface area contributed by atoms with Crippen LogP contribution in [0.1, 0.15) is 109 Å². The molecule has 2 aliphatic heterocycles. The van der Waals surface area contributed by atoms with Crippen molar-refractivity contribution in [2.45, 2.75) is 128 Å². The predicted molar refractivity (Wildman–Crippen MR) is 255 cm³/mol. The van der Waals surface area contributed by atoms with Gasteiger partial charge in [0.25, 0.3) is 5.91 Å². The molecular weight excluding hydrogens is 932 g/mol. The summed E-state index contributed by atoms with van der Waals surface area (Å²) in [4.78, 5) is 62.2. The van der Waals surface area contributed by atoms with Crippen molar-refractivity contribution in [2.75, 3.05) is 55.9 Å². The van der Waals surface area contributed by atoms with Gasteiger partial charge in [-0.1, -0.05) is 20.8 Å². The number of unbranched alkanes of at least 4 members (excludes halogenated alkanes) is 2. The summed E-state index contributed by atoms with van der Waals surface area (Å²) in [5, 5.41) is 25.6. The summed E-state index contributed by atoms with van der Waals surface area (Å²) in [5.74, 6) is -0.212. The highest BCUT2D eigenvalue weighted by Crippen LogP contribution is 2.73. The lowest BCUT2D eigenvalue weighted by Gasteiger charge is -2.69. The van der Waals surface area contributed by atoms with E-state index in [9.17, 15) is 42.7 Å². The molecule has 3 aromatic rings. The van der Waals surface area contributed by atoms with E-state index in [-0.39, 0.29) is 53.7 Å². The van der Waals surface area contributed by atoms with Gasteiger partial charge in [0.15, 0.2) is 11.5 Å². The maximum absolute atomic E-state index is 14.0. The molecule has 1 unspecified atom stereocenters. The third-order valence-electron chi connectivity index (χ3n) is 13.8. The van der Waals surface area contributed by atoms with E-state index in [0.29, 0.717) is 44.2 Å². The number of nitrogens with zero attached hydrogens (tertiary/aromatic N) is 5. The topological polar surface area (TPSA) is 200 Å². The van der Waals surface area contributed by atoms with Gasteiger partial charge in [0, 0.05) is 50.4 Å². The van der Waals surface area contributed by atoms with Crippen molar-refractivity contribution in [1.82, 2.24) is 20.5 Å². The minimum Gasteiger partial charge on any atom is -0.494 e. The lowest BCUT2D eigenvalue weighted by atomic mass is 9.34. The number of nitriles is 1. The lowest BCUT2D eigenvalue weighted by Crippen LogP contribution is -2.68. The van der Waals surface area contributed by atoms with Crippen LogP contribution in [-0.4, -0.2) is 114 Å². The molecule has 378 valence electrons. The van der Waals surface area contributed by atoms with E-state index in [1.807, 2.05) is 27.7 Å². The number of thiocarbonyl (C=S) groups is 1. The zero-order chi connectivity index (χ0) is 50.8. The molecule has 3 atom stereocenters. The van der Waals surface area contributed by atoms with Crippen molar-refractivity contribution in [3.63, 3.8) is 0 Å². The van der Waals surface area contributed by atoms with Crippen molar-refractivity contribution < 1.29 is 56.1 Å². The lowest BCUT2D eigenvalue weighted by molar-refractivity contribution is -0.155. The molecule has 20 heteroatoms. The molecular formula is C50H62F3N7O9S. The molecule has 3 aliphatic carbocycles. The summed E-state index contributed by atoms with van der Waals surface area (Å²) < 4.78 is 64.0. The molecule has 3 heterocycles. The third-order valence-corrected chi connectivity index (χ3v) is 14.1. The number of alkyl halides is 3. The molecule has 0 radical (unpaired) electrons. The minimum atomic E-state index is -4.80. The van der Waals surface area contributed by atoms with Gasteiger partial charge in [-0.3, -0.25) is 24.1 Å². The van der Waals surface area contributed by atoms with Gasteiger partial charge in [0.1, 0.15) is 35.7 Å². The fourth-order valence-electron chi connectivity index (χ4n) is 10.3. The molecule has 8 rings (SSSR count). The molecule has 3 saturated carbocycles. The van der Waals surface area contributed by atoms with E-state index in [1.54, 1.807) is 49.1 Å². The number of nitrogens with one attached hydrogen (secondary N) is 2. The monoisotopic (exact) mass is 993 g/mol. The molecule has 70 heavy (non-hydrogen) atoms. The Hall–Kier alpha value is -5.62. The Bertz CT molecular complexity index is 2460. The predicted octanol–water partition coefficient (Wildman–Crippen LogP) is 6.49. The summed E-state index contributed by atoms with van der Waals surface area (Å²) in [7, 11) is 0. The number of benzene rings is 2. The fourth-order valence-corrected chi connectivity index (χ4v) is 10.8. The zero-order valence-corrected chi connectivity index (χ0v) is 41.3. The van der Waals surface area contributed by atoms with Gasteiger partial charge in [-0.15, -0.1) is 0 Å². The van der Waals surface area contributed by atoms with Crippen LogP contribution in [0.4, 0.5) is 24.5 Å². The van der Waals surface area contributed by atoms with Crippen molar-refractivity contribution in [3.8, 4) is 11.8 Å². The SMILES string of the molecule is Cc1ncoc1C12CC(CNC(=O)[C@@H]3C[C@@H](O)CN3C(=O)C(NC(=O)COCCCOCCCCCOc3ccc(N4C(=S)N(c5ccc(C#N)c(C(F)(F)F)c5)C(=O)C4(C)C)cc3)C(C)(C)C)(C1)C2. The van der Waals surface area contributed by atoms with Crippen molar-refractivity contribution in [3.05, 3.63) is 71.4 Å². The summed E-state index contributed by atoms with van der Waals surface area (Å²) in [6.07, 6.45) is 1.60. The number of amides is 4. The van der Waals surface area contributed by atoms with Gasteiger partial charge in [-0.05, 0) is 131 Å². The molecule has 4 amide bonds. The number of aromatic nitrogens is 1. The number of aliphatic hydroxyl groups is 1. The molecule has 5 aliphatic rings. The Labute approximate surface area is 411 Å². The zero-order valence-electron chi connectivity index (χ0n) is 40.4. The Balaban J connectivity index is 0.757. The summed E-state index contributed by atoms with van der Waals surface area (Å²) >= 11 is 5.62. The highest BCUT2D eigenvalue weighted by Gasteiger charge is 2.70. The Kier molecular flexibility index (Phi) is 15.4. The number of ether oxygens (including phenoxy) is 3. The number of aryl methyl sites for hydroxylation is 1. The Morgan fingerprint density at radius 2 is 1.64 bits per heavy atom. The summed E-state index contributed by atoms with van der Waals surface area (Å²) in [6, 6.07) is 9.72. The minimum absolute atomic E-state index is 0.00149. The average Bonchev–Trinajstić information content (AvgIpc) is 3.93. The molecule has 2 bridgehead atoms. The van der Waals surface area contributed by atoms with Gasteiger partial charge in [0.2, 0.25) is 17.7 Å². The van der Waals surface area contributed by atoms with Gasteiger partial charge >= 0.3 is 6.18 Å². The highest BCUT2D eigenvalue weighted by molar-refractivity contribution is 7.81. The van der Waals surface area contributed by atoms with Crippen LogP contribution in [0.3, 0.4) is 0 Å². The van der Waals surface area contributed by atoms with Crippen LogP contribution in [0.15, 0.2) is 53.3 Å². The fraction of sp³-hybridized carbons (Fsp3) is 0.580. The highest BCUT2D eigenvalue weighted by atomic mass is 32.1. The largest absolute Gasteiger partial charge is 0.494 e. The molecule has 5 fully saturated rings. The second-order valence-electron chi connectivity index (χ2n) is 20.6. The number of carbonyl (C=O) groups excluding carboxylic acids is 4. The first-order valence-electron chi connectivity index (χ1n) is 23.6. The number of β-amino-alcohol motifs (C(OH)–C–C–N with tert-alkyl or cyclic N) is 1. The van der Waals surface area contributed by atoms with E-state index in [2.05, 4.69) is 15.6 Å². The van der Waals surface area contributed by atoms with Gasteiger partial charge < -0.3 is 44.2 Å². The first kappa shape index (κ1) is 52.2. The first-order valence-corrected chi connectivity index (χ1v) is 24.1. The molecule has 16 nitrogen and oxygen atoms in total. The second kappa shape index (κ2) is 20.6. The maximum atomic E-state index is 14.0. The Morgan fingerprint density at radius 1 is 0.986 bits per heavy atom. The standard InChI is InChI=1S/C50H62F3N7O9S/c1-31-41(69-30-56-31)49-26-48(27-49,28-49)29-55-42(63)38-22-35(61)24-58(38)43(64)40(46(2,3)4)57-39(62)25-67-19-10-18-66-17-8-7-9-20-68-36-15-13-33(14-16-36)60-45(70)59(44(65)47(60,5)6)34-12-11-32(23-54)37(21-34)50(51,52)53/h11-16,21,30,35,38,40,61H,7-10,17-20,22,24-29H2,1-6H3,(H,55,63)(H,57,62)/t35-,38+,40?,48?,49?/m1/s1. The van der Waals surface area contributed by atoms with Crippen LogP contribution < -0.4 is 25.2 Å². The number of carbonyl (C=O) groups is 4. The second-order valence-corrected chi connectivity index (χ2v) is 21.0. The van der Waals surface area contributed by atoms with Crippen molar-refractivity contribution in [2.24, 2.45) is 10.8 Å². The van der Waals surface area contributed by atoms with Crippen LogP contribution in [-0.2, 0) is 40.2 Å². The molecule has 0 spiro atoms. The van der Waals surface area contributed by atoms with E-state index >= 15 is 0 Å². The number of hydrogen-bond donors (Lipinski definition) is 3. The van der Waals surface area contributed by atoms with E-state index in [4.69, 9.17) is 30.8 Å². The number of hydrogen-bond acceptors (Lipinski definition) is 12. The molecule has 3 N–H and O–H groups in total. The van der Waals surface area contributed by atoms with Gasteiger partial charge in [0.05, 0.1) is 41.3 Å². The van der Waals surface area contributed by atoms with Crippen LogP contribution in [0.25, 0.3) is 0 Å². The van der Waals surface area contributed by atoms with Crippen LogP contribution >= 0.6 is 12.2 Å². The van der Waals surface area contributed by atoms with Crippen molar-refractivity contribution >= 4 is 52.3 Å². The normalized spacial score (nSPS) is 23.1. The van der Waals surface area contributed by atoms with Gasteiger partial charge in [-0.2, -0.15) is 18.4 Å². The smallest absolute Gasteiger partial charge is 0.417 e. The van der Waals surface area contributed by atoms with E-state index in [0.717, 1.165) is 67.0 Å². The average molecular weight is 994 g/mol. The number of rotatable bonds is 21. The van der Waals surface area contributed by atoms with Crippen LogP contribution in [0, 0.1) is 29.1 Å². The van der Waals surface area contributed by atoms with Gasteiger partial charge in [-0.25, -0.2) is 4.98 Å². The molecule has 2 saturated heterocycles. The number of oxazole rings is 1. The number of likely N-dealkylation sites (tertiary alicyclic amines) is 1. The molecule has 1 aromatic heterocycles. The maximum Gasteiger partial charge on any atom is 0.417 e. The van der Waals surface area contributed by atoms with Crippen LogP contribution in [0.5, 0.6) is 5.75 Å². The quantitative estimate of drug-likeness (QED) is 0.0774.